The molecule has 0 saturated carbocycles. The van der Waals surface area contributed by atoms with Crippen molar-refractivity contribution in [3.8, 4) is 0 Å². The van der Waals surface area contributed by atoms with Crippen molar-refractivity contribution in [2.45, 2.75) is 32.7 Å². The highest BCUT2D eigenvalue weighted by atomic mass is 79.9. The molecule has 0 aliphatic heterocycles. The van der Waals surface area contributed by atoms with Crippen molar-refractivity contribution in [2.24, 2.45) is 0 Å². The lowest BCUT2D eigenvalue weighted by Crippen LogP contribution is -2.26. The van der Waals surface area contributed by atoms with Crippen molar-refractivity contribution in [2.75, 3.05) is 25.6 Å². The fourth-order valence-corrected chi connectivity index (χ4v) is 1.97. The van der Waals surface area contributed by atoms with Crippen LogP contribution in [0.1, 0.15) is 26.2 Å². The number of anilines is 1. The van der Waals surface area contributed by atoms with Crippen LogP contribution in [0, 0.1) is 0 Å². The van der Waals surface area contributed by atoms with Crippen molar-refractivity contribution >= 4 is 21.6 Å². The third kappa shape index (κ3) is 4.42. The predicted molar refractivity (Wildman–Crippen MR) is 76.1 cm³/mol. The maximum Gasteiger partial charge on any atom is 0.283 e. The highest BCUT2D eigenvalue weighted by molar-refractivity contribution is 9.10. The highest BCUT2D eigenvalue weighted by Gasteiger charge is 2.07. The molecule has 5 nitrogen and oxygen atoms in total. The maximum absolute atomic E-state index is 11.9. The molecule has 0 aromatic carbocycles. The van der Waals surface area contributed by atoms with Gasteiger partial charge < -0.3 is 10.1 Å². The molecular formula is C12H20BrN3O2. The lowest BCUT2D eigenvalue weighted by Gasteiger charge is -2.10. The van der Waals surface area contributed by atoms with E-state index in [9.17, 15) is 4.79 Å². The first-order chi connectivity index (χ1) is 8.70. The molecule has 18 heavy (non-hydrogen) atoms. The summed E-state index contributed by atoms with van der Waals surface area (Å²) in [5.74, 6) is 0. The number of rotatable bonds is 8. The summed E-state index contributed by atoms with van der Waals surface area (Å²) in [6, 6.07) is 0. The lowest BCUT2D eigenvalue weighted by molar-refractivity contribution is 0.181. The number of methoxy groups -OCH3 is 1. The Labute approximate surface area is 116 Å². The molecule has 0 aliphatic carbocycles. The third-order valence-corrected chi connectivity index (χ3v) is 3.35. The fourth-order valence-electron chi connectivity index (χ4n) is 1.52. The second-order valence-corrected chi connectivity index (χ2v) is 4.82. The zero-order valence-electron chi connectivity index (χ0n) is 10.9. The van der Waals surface area contributed by atoms with E-state index in [0.717, 1.165) is 18.7 Å². The second-order valence-electron chi connectivity index (χ2n) is 4.03. The van der Waals surface area contributed by atoms with E-state index in [1.807, 2.05) is 0 Å². The molecule has 0 unspecified atom stereocenters. The molecule has 1 aromatic rings. The number of nitrogens with one attached hydrogen (secondary N) is 1. The molecule has 1 rings (SSSR count). The number of aromatic nitrogens is 2. The summed E-state index contributed by atoms with van der Waals surface area (Å²) >= 11 is 3.32. The topological polar surface area (TPSA) is 56.1 Å². The number of halogens is 1. The van der Waals surface area contributed by atoms with Crippen molar-refractivity contribution in [3.05, 3.63) is 21.0 Å². The maximum atomic E-state index is 11.9. The lowest BCUT2D eigenvalue weighted by atomic mass is 10.2. The Balaban J connectivity index is 2.65. The van der Waals surface area contributed by atoms with Gasteiger partial charge in [0, 0.05) is 13.7 Å². The van der Waals surface area contributed by atoms with Crippen LogP contribution in [-0.4, -0.2) is 30.0 Å². The molecule has 0 fully saturated rings. The first kappa shape index (κ1) is 15.2. The van der Waals surface area contributed by atoms with Crippen molar-refractivity contribution in [1.82, 2.24) is 9.78 Å². The minimum absolute atomic E-state index is 0.132. The van der Waals surface area contributed by atoms with Crippen molar-refractivity contribution in [3.63, 3.8) is 0 Å². The van der Waals surface area contributed by atoms with Gasteiger partial charge in [0.05, 0.1) is 25.0 Å². The van der Waals surface area contributed by atoms with E-state index in [4.69, 9.17) is 4.74 Å². The van der Waals surface area contributed by atoms with E-state index in [1.54, 1.807) is 13.3 Å². The van der Waals surface area contributed by atoms with Gasteiger partial charge in [0.15, 0.2) is 0 Å². The van der Waals surface area contributed by atoms with Crippen LogP contribution in [0.25, 0.3) is 0 Å². The molecule has 6 heteroatoms. The summed E-state index contributed by atoms with van der Waals surface area (Å²) in [6.07, 6.45) is 5.13. The number of nitrogens with zero attached hydrogens (tertiary/aromatic N) is 2. The van der Waals surface area contributed by atoms with Crippen LogP contribution >= 0.6 is 15.9 Å². The Morgan fingerprint density at radius 2 is 2.28 bits per heavy atom. The SMILES string of the molecule is CCCCCNc1cnn(CCOC)c(=O)c1Br. The van der Waals surface area contributed by atoms with E-state index in [2.05, 4.69) is 33.3 Å². The Kier molecular flexibility index (Phi) is 6.97. The Hall–Kier alpha value is -0.880. The molecule has 1 N–H and O–H groups in total. The Bertz CT molecular complexity index is 420. The van der Waals surface area contributed by atoms with Crippen molar-refractivity contribution in [1.29, 1.82) is 0 Å². The van der Waals surface area contributed by atoms with Gasteiger partial charge in [-0.1, -0.05) is 19.8 Å². The molecule has 0 amide bonds. The smallest absolute Gasteiger partial charge is 0.283 e. The van der Waals surface area contributed by atoms with Gasteiger partial charge in [-0.3, -0.25) is 4.79 Å². The number of hydrogen-bond donors (Lipinski definition) is 1. The van der Waals surface area contributed by atoms with Gasteiger partial charge in [0.1, 0.15) is 4.47 Å². The normalized spacial score (nSPS) is 10.6. The molecule has 0 bridgehead atoms. The van der Waals surface area contributed by atoms with Crippen LogP contribution in [0.4, 0.5) is 5.69 Å². The zero-order valence-corrected chi connectivity index (χ0v) is 12.5. The van der Waals surface area contributed by atoms with Crippen LogP contribution in [0.15, 0.2) is 15.5 Å². The summed E-state index contributed by atoms with van der Waals surface area (Å²) in [5.41, 5.74) is 0.623. The molecule has 1 aromatic heterocycles. The molecule has 102 valence electrons. The summed E-state index contributed by atoms with van der Waals surface area (Å²) in [6.45, 7) is 3.96. The number of hydrogen-bond acceptors (Lipinski definition) is 4. The van der Waals surface area contributed by atoms with E-state index < -0.39 is 0 Å². The van der Waals surface area contributed by atoms with E-state index >= 15 is 0 Å². The van der Waals surface area contributed by atoms with E-state index in [0.29, 0.717) is 17.6 Å². The van der Waals surface area contributed by atoms with Gasteiger partial charge in [-0.15, -0.1) is 0 Å². The van der Waals surface area contributed by atoms with E-state index in [1.165, 1.54) is 17.5 Å². The molecule has 0 spiro atoms. The van der Waals surface area contributed by atoms with E-state index in [-0.39, 0.29) is 5.56 Å². The van der Waals surface area contributed by atoms with Gasteiger partial charge in [0.2, 0.25) is 0 Å². The van der Waals surface area contributed by atoms with Crippen LogP contribution < -0.4 is 10.9 Å². The molecular weight excluding hydrogens is 298 g/mol. The third-order valence-electron chi connectivity index (χ3n) is 2.59. The fraction of sp³-hybridized carbons (Fsp3) is 0.667. The molecule has 0 saturated heterocycles. The Morgan fingerprint density at radius 1 is 1.50 bits per heavy atom. The molecule has 0 atom stereocenters. The number of unbranched alkanes of at least 4 members (excludes halogenated alkanes) is 2. The van der Waals surface area contributed by atoms with Gasteiger partial charge in [-0.25, -0.2) is 4.68 Å². The standard InChI is InChI=1S/C12H20BrN3O2/c1-3-4-5-6-14-10-9-15-16(7-8-18-2)12(17)11(10)13/h9,14H,3-8H2,1-2H3. The van der Waals surface area contributed by atoms with Crippen molar-refractivity contribution < 1.29 is 4.74 Å². The zero-order chi connectivity index (χ0) is 13.4. The average Bonchev–Trinajstić information content (AvgIpc) is 2.38. The van der Waals surface area contributed by atoms with Gasteiger partial charge in [0.25, 0.3) is 5.56 Å². The monoisotopic (exact) mass is 317 g/mol. The minimum atomic E-state index is -0.132. The average molecular weight is 318 g/mol. The van der Waals surface area contributed by atoms with Crippen LogP contribution in [-0.2, 0) is 11.3 Å². The molecule has 0 radical (unpaired) electrons. The van der Waals surface area contributed by atoms with Gasteiger partial charge >= 0.3 is 0 Å². The first-order valence-electron chi connectivity index (χ1n) is 6.19. The first-order valence-corrected chi connectivity index (χ1v) is 6.98. The summed E-state index contributed by atoms with van der Waals surface area (Å²) in [4.78, 5) is 11.9. The highest BCUT2D eigenvalue weighted by Crippen LogP contribution is 2.16. The van der Waals surface area contributed by atoms with Gasteiger partial charge in [-0.05, 0) is 22.4 Å². The van der Waals surface area contributed by atoms with Crippen LogP contribution in [0.2, 0.25) is 0 Å². The van der Waals surface area contributed by atoms with Crippen LogP contribution in [0.5, 0.6) is 0 Å². The Morgan fingerprint density at radius 3 is 2.94 bits per heavy atom. The summed E-state index contributed by atoms with van der Waals surface area (Å²) < 4.78 is 6.86. The van der Waals surface area contributed by atoms with Gasteiger partial charge in [-0.2, -0.15) is 5.10 Å². The van der Waals surface area contributed by atoms with Crippen LogP contribution in [0.3, 0.4) is 0 Å². The number of ether oxygens (including phenoxy) is 1. The largest absolute Gasteiger partial charge is 0.383 e. The predicted octanol–water partition coefficient (Wildman–Crippen LogP) is 2.25. The summed E-state index contributed by atoms with van der Waals surface area (Å²) in [7, 11) is 1.60. The second kappa shape index (κ2) is 8.26. The quantitative estimate of drug-likeness (QED) is 0.747. The minimum Gasteiger partial charge on any atom is -0.383 e. The summed E-state index contributed by atoms with van der Waals surface area (Å²) in [5, 5.41) is 7.33. The molecule has 1 heterocycles. The molecule has 0 aliphatic rings.